The summed E-state index contributed by atoms with van der Waals surface area (Å²) in [4.78, 5) is 12.7. The number of aliphatic imine (C=N–C) groups is 2. The molecule has 4 nitrogen and oxygen atoms in total. The van der Waals surface area contributed by atoms with Crippen LogP contribution in [0.1, 0.15) is 47.8 Å². The van der Waals surface area contributed by atoms with E-state index in [-0.39, 0.29) is 0 Å². The summed E-state index contributed by atoms with van der Waals surface area (Å²) in [5, 5.41) is 6.24. The van der Waals surface area contributed by atoms with Crippen LogP contribution in [0.4, 0.5) is 0 Å². The van der Waals surface area contributed by atoms with Gasteiger partial charge in [0, 0.05) is 54.5 Å². The Kier molecular flexibility index (Phi) is 8.56. The Labute approximate surface area is 358 Å². The smallest absolute Gasteiger partial charge is 0.235 e. The monoisotopic (exact) mass is 802 g/mol. The van der Waals surface area contributed by atoms with E-state index < -0.39 is 0 Å². The first-order valence-electron chi connectivity index (χ1n) is 21.4. The van der Waals surface area contributed by atoms with Crippen molar-refractivity contribution in [3.05, 3.63) is 197 Å². The first-order valence-corrected chi connectivity index (χ1v) is 22.2. The second-order valence-electron chi connectivity index (χ2n) is 16.5. The maximum absolute atomic E-state index is 5.65. The molecule has 4 heterocycles. The molecule has 0 radical (unpaired) electrons. The number of para-hydroxylation sites is 2. The molecule has 12 rings (SSSR count). The van der Waals surface area contributed by atoms with E-state index in [0.717, 1.165) is 65.8 Å². The highest BCUT2D eigenvalue weighted by Gasteiger charge is 2.24. The van der Waals surface area contributed by atoms with Crippen molar-refractivity contribution in [3.63, 3.8) is 0 Å². The molecule has 10 aromatic rings. The molecule has 3 aromatic heterocycles. The Morgan fingerprint density at radius 2 is 1.25 bits per heavy atom. The van der Waals surface area contributed by atoms with E-state index in [0.29, 0.717) is 5.96 Å². The third-order valence-electron chi connectivity index (χ3n) is 12.7. The van der Waals surface area contributed by atoms with Gasteiger partial charge in [0.25, 0.3) is 0 Å². The molecular formula is C56H42N4S. The molecule has 1 aliphatic carbocycles. The van der Waals surface area contributed by atoms with Crippen LogP contribution in [0, 0.1) is 0 Å². The van der Waals surface area contributed by atoms with E-state index >= 15 is 0 Å². The van der Waals surface area contributed by atoms with Crippen LogP contribution in [0.3, 0.4) is 0 Å². The third kappa shape index (κ3) is 6.02. The zero-order chi connectivity index (χ0) is 40.4. The van der Waals surface area contributed by atoms with Crippen molar-refractivity contribution in [2.45, 2.75) is 39.0 Å². The van der Waals surface area contributed by atoms with Gasteiger partial charge in [0.05, 0.1) is 27.8 Å². The van der Waals surface area contributed by atoms with E-state index in [1.165, 1.54) is 75.4 Å². The molecule has 0 fully saturated rings. The molecule has 0 amide bonds. The number of thiophene rings is 1. The third-order valence-corrected chi connectivity index (χ3v) is 13.9. The topological polar surface area (TPSA) is 34.6 Å². The Morgan fingerprint density at radius 1 is 0.557 bits per heavy atom. The number of hydrogen-bond acceptors (Lipinski definition) is 3. The predicted octanol–water partition coefficient (Wildman–Crippen LogP) is 14.8. The molecule has 0 saturated carbocycles. The maximum atomic E-state index is 5.65. The molecule has 0 bridgehead atoms. The molecule has 2 aliphatic rings. The quantitative estimate of drug-likeness (QED) is 0.166. The number of fused-ring (bicyclic) bond motifs is 10. The van der Waals surface area contributed by atoms with Gasteiger partial charge in [-0.3, -0.25) is 4.57 Å². The van der Waals surface area contributed by atoms with E-state index in [1.807, 2.05) is 11.3 Å². The largest absolute Gasteiger partial charge is 0.309 e. The van der Waals surface area contributed by atoms with Gasteiger partial charge >= 0.3 is 0 Å². The average Bonchev–Trinajstić information content (AvgIpc) is 3.97. The Hall–Kier alpha value is -7.08. The predicted molar refractivity (Wildman–Crippen MR) is 261 cm³/mol. The molecule has 0 spiro atoms. The van der Waals surface area contributed by atoms with Gasteiger partial charge in [-0.25, -0.2) is 9.98 Å². The molecule has 7 aromatic carbocycles. The van der Waals surface area contributed by atoms with Crippen molar-refractivity contribution in [1.29, 1.82) is 0 Å². The Morgan fingerprint density at radius 3 is 2.05 bits per heavy atom. The Balaban J connectivity index is 1.08. The molecule has 0 saturated heterocycles. The van der Waals surface area contributed by atoms with Gasteiger partial charge in [0.1, 0.15) is 0 Å². The second-order valence-corrected chi connectivity index (χ2v) is 17.5. The van der Waals surface area contributed by atoms with E-state index in [4.69, 9.17) is 9.98 Å². The molecule has 0 N–H and O–H groups in total. The summed E-state index contributed by atoms with van der Waals surface area (Å²) < 4.78 is 6.16. The van der Waals surface area contributed by atoms with Crippen molar-refractivity contribution in [2.75, 3.05) is 0 Å². The summed E-state index contributed by atoms with van der Waals surface area (Å²) in [6.07, 6.45) is 9.40. The summed E-state index contributed by atoms with van der Waals surface area (Å²) in [5.74, 6) is 0.700. The van der Waals surface area contributed by atoms with Crippen LogP contribution >= 0.6 is 11.3 Å². The molecule has 1 aliphatic heterocycles. The number of benzene rings is 7. The van der Waals surface area contributed by atoms with Gasteiger partial charge < -0.3 is 4.57 Å². The molecule has 61 heavy (non-hydrogen) atoms. The number of allylic oxidation sites excluding steroid dienone is 2. The molecule has 0 atom stereocenters. The standard InChI is InChI=1S/C56H42N4S/c1-36-24-28-41(34-37-25-31-45-44-19-10-13-23-51(44)61-52(45)35-37)57-56(58-54(36)40-16-6-3-7-17-40)60-49-22-12-9-20-47(49)53-50(60)33-32-46-43-18-8-11-21-48(43)59(55(46)53)42-29-26-39(27-30-42)38-14-4-2-5-15-38/h2-9,11-18,20-23,25-27,29-33,35H,10,19,24,28,34H2,1H3/b54-36-,57-41+,58-56+. The van der Waals surface area contributed by atoms with Crippen LogP contribution in [0.15, 0.2) is 185 Å². The van der Waals surface area contributed by atoms with E-state index in [2.05, 4.69) is 192 Å². The zero-order valence-corrected chi connectivity index (χ0v) is 34.8. The van der Waals surface area contributed by atoms with Gasteiger partial charge in [-0.05, 0) is 108 Å². The molecule has 5 heteroatoms. The minimum Gasteiger partial charge on any atom is -0.309 e. The highest BCUT2D eigenvalue weighted by molar-refractivity contribution is 7.20. The van der Waals surface area contributed by atoms with Crippen molar-refractivity contribution in [2.24, 2.45) is 9.98 Å². The lowest BCUT2D eigenvalue weighted by Crippen LogP contribution is -2.16. The van der Waals surface area contributed by atoms with Crippen LogP contribution in [0.2, 0.25) is 0 Å². The van der Waals surface area contributed by atoms with Crippen LogP contribution < -0.4 is 0 Å². The minimum absolute atomic E-state index is 0.700. The summed E-state index contributed by atoms with van der Waals surface area (Å²) in [5.41, 5.74) is 15.4. The average molecular weight is 803 g/mol. The van der Waals surface area contributed by atoms with Crippen molar-refractivity contribution in [3.8, 4) is 16.8 Å². The number of aromatic nitrogens is 2. The van der Waals surface area contributed by atoms with Gasteiger partial charge in [0.15, 0.2) is 0 Å². The van der Waals surface area contributed by atoms with Crippen molar-refractivity contribution in [1.82, 2.24) is 9.13 Å². The first kappa shape index (κ1) is 35.8. The number of rotatable bonds is 5. The summed E-state index contributed by atoms with van der Waals surface area (Å²) in [6, 6.07) is 59.6. The SMILES string of the molecule is C/C1=C(c2ccccc2)/N=C(n2c3ccccc3c3c2ccc2c4ccccc4n(-c4ccc(-c5ccccc5)cc4)c23)\N=C(\Cc2ccc3c4c(sc3c2)C=CCC4)CC1. The number of nitrogens with zero attached hydrogens (tertiary/aromatic N) is 4. The normalized spacial score (nSPS) is 17.4. The number of aryl methyl sites for hydroxylation is 1. The van der Waals surface area contributed by atoms with Gasteiger partial charge in [-0.2, -0.15) is 0 Å². The summed E-state index contributed by atoms with van der Waals surface area (Å²) >= 11 is 1.92. The highest BCUT2D eigenvalue weighted by Crippen LogP contribution is 2.42. The fourth-order valence-corrected chi connectivity index (χ4v) is 11.0. The highest BCUT2D eigenvalue weighted by atomic mass is 32.1. The fraction of sp³-hybridized carbons (Fsp3) is 0.107. The summed E-state index contributed by atoms with van der Waals surface area (Å²) in [6.45, 7) is 2.25. The molecular weight excluding hydrogens is 761 g/mol. The van der Waals surface area contributed by atoms with Crippen LogP contribution in [0.25, 0.3) is 82.3 Å². The van der Waals surface area contributed by atoms with Crippen LogP contribution in [0.5, 0.6) is 0 Å². The minimum atomic E-state index is 0.700. The van der Waals surface area contributed by atoms with Crippen molar-refractivity contribution < 1.29 is 0 Å². The Bertz CT molecular complexity index is 3480. The number of hydrogen-bond donors (Lipinski definition) is 0. The van der Waals surface area contributed by atoms with Gasteiger partial charge in [-0.15, -0.1) is 11.3 Å². The molecule has 0 unspecified atom stereocenters. The van der Waals surface area contributed by atoms with Gasteiger partial charge in [-0.1, -0.05) is 133 Å². The van der Waals surface area contributed by atoms with Crippen LogP contribution in [-0.4, -0.2) is 20.8 Å². The summed E-state index contributed by atoms with van der Waals surface area (Å²) in [7, 11) is 0. The van der Waals surface area contributed by atoms with E-state index in [1.54, 1.807) is 0 Å². The lowest BCUT2D eigenvalue weighted by Gasteiger charge is -2.17. The lowest BCUT2D eigenvalue weighted by atomic mass is 9.97. The van der Waals surface area contributed by atoms with Crippen molar-refractivity contribution >= 4 is 88.5 Å². The second kappa shape index (κ2) is 14.6. The van der Waals surface area contributed by atoms with Gasteiger partial charge in [0.2, 0.25) is 5.96 Å². The maximum Gasteiger partial charge on any atom is 0.235 e. The lowest BCUT2D eigenvalue weighted by molar-refractivity contribution is 0.979. The fourth-order valence-electron chi connectivity index (χ4n) is 9.80. The zero-order valence-electron chi connectivity index (χ0n) is 34.0. The molecule has 292 valence electrons. The van der Waals surface area contributed by atoms with Crippen LogP contribution in [-0.2, 0) is 12.8 Å². The first-order chi connectivity index (χ1) is 30.2. The van der Waals surface area contributed by atoms with E-state index in [9.17, 15) is 0 Å².